The highest BCUT2D eigenvalue weighted by Crippen LogP contribution is 2.31. The number of anilines is 2. The molecule has 108 valence electrons. The largest absolute Gasteiger partial charge is 0.382 e. The zero-order chi connectivity index (χ0) is 14.8. The number of nitrogens with zero attached hydrogens (tertiary/aromatic N) is 1. The summed E-state index contributed by atoms with van der Waals surface area (Å²) in [5, 5.41) is 3.40. The third-order valence-corrected chi connectivity index (χ3v) is 4.74. The second kappa shape index (κ2) is 5.76. The van der Waals surface area contributed by atoms with Crippen LogP contribution in [0.15, 0.2) is 29.2 Å². The van der Waals surface area contributed by atoms with Gasteiger partial charge in [-0.1, -0.05) is 12.1 Å². The Morgan fingerprint density at radius 3 is 2.85 bits per heavy atom. The van der Waals surface area contributed by atoms with E-state index in [2.05, 4.69) is 9.69 Å². The molecule has 0 fully saturated rings. The van der Waals surface area contributed by atoms with Crippen LogP contribution in [0.3, 0.4) is 0 Å². The summed E-state index contributed by atoms with van der Waals surface area (Å²) in [6.07, 6.45) is 1.66. The fraction of sp³-hybridized carbons (Fsp3) is 0.250. The first-order chi connectivity index (χ1) is 9.38. The summed E-state index contributed by atoms with van der Waals surface area (Å²) in [6, 6.07) is 6.27. The smallest absolute Gasteiger partial charge is 0.182 e. The molecule has 0 saturated heterocycles. The number of nitrogen functional groups attached to an aromatic ring is 1. The number of benzene rings is 1. The Morgan fingerprint density at radius 2 is 2.20 bits per heavy atom. The Bertz CT molecular complexity index is 713. The SMILES string of the molecule is CS(=O)(=O)c1c(N)nsc1NCCc1cccc(F)c1. The lowest BCUT2D eigenvalue weighted by molar-refractivity contribution is 0.602. The standard InChI is InChI=1S/C12H14FN3O2S2/c1-20(17,18)10-11(14)16-19-12(10)15-6-5-8-3-2-4-9(13)7-8/h2-4,7,15H,5-6H2,1H3,(H2,14,16). The molecule has 5 nitrogen and oxygen atoms in total. The summed E-state index contributed by atoms with van der Waals surface area (Å²) in [5.41, 5.74) is 6.39. The molecule has 20 heavy (non-hydrogen) atoms. The van der Waals surface area contributed by atoms with Crippen LogP contribution in [0.1, 0.15) is 5.56 Å². The van der Waals surface area contributed by atoms with E-state index in [1.165, 1.54) is 12.1 Å². The predicted octanol–water partition coefficient (Wildman–Crippen LogP) is 1.92. The van der Waals surface area contributed by atoms with Gasteiger partial charge in [-0.25, -0.2) is 12.8 Å². The van der Waals surface area contributed by atoms with Gasteiger partial charge in [0.05, 0.1) is 0 Å². The molecule has 8 heteroatoms. The normalized spacial score (nSPS) is 11.5. The first kappa shape index (κ1) is 14.7. The number of hydrogen-bond acceptors (Lipinski definition) is 6. The second-order valence-electron chi connectivity index (χ2n) is 4.30. The predicted molar refractivity (Wildman–Crippen MR) is 78.2 cm³/mol. The van der Waals surface area contributed by atoms with Crippen LogP contribution in [0.25, 0.3) is 0 Å². The van der Waals surface area contributed by atoms with E-state index >= 15 is 0 Å². The van der Waals surface area contributed by atoms with Crippen molar-refractivity contribution >= 4 is 32.2 Å². The highest BCUT2D eigenvalue weighted by Gasteiger charge is 2.20. The van der Waals surface area contributed by atoms with Gasteiger partial charge >= 0.3 is 0 Å². The maximum atomic E-state index is 13.0. The van der Waals surface area contributed by atoms with Gasteiger partial charge < -0.3 is 11.1 Å². The fourth-order valence-electron chi connectivity index (χ4n) is 1.78. The average Bonchev–Trinajstić information content (AvgIpc) is 2.70. The molecule has 0 atom stereocenters. The van der Waals surface area contributed by atoms with Crippen LogP contribution in [0.4, 0.5) is 15.2 Å². The van der Waals surface area contributed by atoms with Gasteiger partial charge in [0.2, 0.25) is 0 Å². The van der Waals surface area contributed by atoms with Crippen LogP contribution in [-0.4, -0.2) is 25.6 Å². The third kappa shape index (κ3) is 3.45. The molecule has 2 rings (SSSR count). The molecule has 0 bridgehead atoms. The van der Waals surface area contributed by atoms with Gasteiger partial charge in [-0.05, 0) is 35.6 Å². The number of sulfone groups is 1. The summed E-state index contributed by atoms with van der Waals surface area (Å²) in [4.78, 5) is 0.0294. The van der Waals surface area contributed by atoms with Crippen LogP contribution in [0.5, 0.6) is 0 Å². The number of rotatable bonds is 5. The fourth-order valence-corrected chi connectivity index (χ4v) is 3.87. The Balaban J connectivity index is 2.06. The summed E-state index contributed by atoms with van der Waals surface area (Å²) < 4.78 is 40.1. The molecule has 0 saturated carbocycles. The van der Waals surface area contributed by atoms with Crippen molar-refractivity contribution in [1.82, 2.24) is 4.37 Å². The quantitative estimate of drug-likeness (QED) is 0.880. The minimum absolute atomic E-state index is 0.00533. The number of aromatic nitrogens is 1. The summed E-state index contributed by atoms with van der Waals surface area (Å²) in [5.74, 6) is -0.285. The highest BCUT2D eigenvalue weighted by molar-refractivity contribution is 7.91. The van der Waals surface area contributed by atoms with Crippen molar-refractivity contribution in [2.45, 2.75) is 11.3 Å². The minimum atomic E-state index is -3.42. The van der Waals surface area contributed by atoms with E-state index in [0.717, 1.165) is 23.4 Å². The van der Waals surface area contributed by atoms with Crippen molar-refractivity contribution in [2.75, 3.05) is 23.9 Å². The lowest BCUT2D eigenvalue weighted by Crippen LogP contribution is -2.08. The molecule has 2 aromatic rings. The van der Waals surface area contributed by atoms with Crippen LogP contribution in [-0.2, 0) is 16.3 Å². The van der Waals surface area contributed by atoms with Gasteiger partial charge in [-0.3, -0.25) is 0 Å². The Morgan fingerprint density at radius 1 is 1.45 bits per heavy atom. The van der Waals surface area contributed by atoms with Crippen molar-refractivity contribution in [2.24, 2.45) is 0 Å². The van der Waals surface area contributed by atoms with Gasteiger partial charge in [-0.15, -0.1) is 0 Å². The Kier molecular flexibility index (Phi) is 4.24. The van der Waals surface area contributed by atoms with E-state index in [-0.39, 0.29) is 16.5 Å². The maximum Gasteiger partial charge on any atom is 0.182 e. The van der Waals surface area contributed by atoms with Crippen molar-refractivity contribution in [3.8, 4) is 0 Å². The van der Waals surface area contributed by atoms with Crippen molar-refractivity contribution in [1.29, 1.82) is 0 Å². The number of nitrogens with one attached hydrogen (secondary N) is 1. The number of hydrogen-bond donors (Lipinski definition) is 2. The third-order valence-electron chi connectivity index (χ3n) is 2.63. The molecule has 3 N–H and O–H groups in total. The molecule has 0 radical (unpaired) electrons. The molecule has 0 aliphatic heterocycles. The average molecular weight is 315 g/mol. The molecule has 1 aromatic heterocycles. The molecule has 0 aliphatic rings. The van der Waals surface area contributed by atoms with E-state index in [1.54, 1.807) is 6.07 Å². The van der Waals surface area contributed by atoms with Crippen molar-refractivity contribution < 1.29 is 12.8 Å². The summed E-state index contributed by atoms with van der Waals surface area (Å²) in [6.45, 7) is 0.466. The lowest BCUT2D eigenvalue weighted by Gasteiger charge is -2.06. The zero-order valence-corrected chi connectivity index (χ0v) is 12.4. The summed E-state index contributed by atoms with van der Waals surface area (Å²) >= 11 is 1.00. The van der Waals surface area contributed by atoms with Gasteiger partial charge in [0.15, 0.2) is 15.7 Å². The lowest BCUT2D eigenvalue weighted by atomic mass is 10.1. The molecular weight excluding hydrogens is 301 g/mol. The van der Waals surface area contributed by atoms with Gasteiger partial charge in [0.1, 0.15) is 15.7 Å². The van der Waals surface area contributed by atoms with E-state index in [1.807, 2.05) is 6.07 Å². The van der Waals surface area contributed by atoms with Gasteiger partial charge in [-0.2, -0.15) is 4.37 Å². The van der Waals surface area contributed by atoms with Crippen LogP contribution < -0.4 is 11.1 Å². The van der Waals surface area contributed by atoms with Crippen molar-refractivity contribution in [3.63, 3.8) is 0 Å². The van der Waals surface area contributed by atoms with E-state index in [4.69, 9.17) is 5.73 Å². The number of halogens is 1. The molecule has 0 unspecified atom stereocenters. The number of nitrogens with two attached hydrogens (primary N) is 1. The first-order valence-electron chi connectivity index (χ1n) is 5.81. The first-order valence-corrected chi connectivity index (χ1v) is 8.48. The molecule has 0 spiro atoms. The minimum Gasteiger partial charge on any atom is -0.382 e. The van der Waals surface area contributed by atoms with Gasteiger partial charge in [0, 0.05) is 12.8 Å². The maximum absolute atomic E-state index is 13.0. The van der Waals surface area contributed by atoms with Crippen LogP contribution in [0, 0.1) is 5.82 Å². The highest BCUT2D eigenvalue weighted by atomic mass is 32.2. The zero-order valence-electron chi connectivity index (χ0n) is 10.8. The Labute approximate surface area is 120 Å². The Hall–Kier alpha value is -1.67. The van der Waals surface area contributed by atoms with Crippen LogP contribution >= 0.6 is 11.5 Å². The van der Waals surface area contributed by atoms with Crippen LogP contribution in [0.2, 0.25) is 0 Å². The van der Waals surface area contributed by atoms with Crippen molar-refractivity contribution in [3.05, 3.63) is 35.6 Å². The second-order valence-corrected chi connectivity index (χ2v) is 7.03. The molecule has 1 heterocycles. The summed E-state index contributed by atoms with van der Waals surface area (Å²) in [7, 11) is -3.42. The van der Waals surface area contributed by atoms with E-state index < -0.39 is 9.84 Å². The van der Waals surface area contributed by atoms with E-state index in [9.17, 15) is 12.8 Å². The molecule has 0 amide bonds. The van der Waals surface area contributed by atoms with Gasteiger partial charge in [0.25, 0.3) is 0 Å². The molecule has 0 aliphatic carbocycles. The monoisotopic (exact) mass is 315 g/mol. The topological polar surface area (TPSA) is 85.1 Å². The molecule has 1 aromatic carbocycles. The molecular formula is C12H14FN3O2S2. The van der Waals surface area contributed by atoms with E-state index in [0.29, 0.717) is 18.0 Å².